The third-order valence-electron chi connectivity index (χ3n) is 5.11. The van der Waals surface area contributed by atoms with Gasteiger partial charge in [0.2, 0.25) is 0 Å². The summed E-state index contributed by atoms with van der Waals surface area (Å²) in [6.07, 6.45) is 0.0887. The molecule has 0 aliphatic carbocycles. The average Bonchev–Trinajstić information content (AvgIpc) is 2.92. The van der Waals surface area contributed by atoms with E-state index in [2.05, 4.69) is 16.7 Å². The molecule has 2 heterocycles. The van der Waals surface area contributed by atoms with Gasteiger partial charge in [0.05, 0.1) is 11.7 Å². The molecule has 6 heteroatoms. The Hall–Kier alpha value is -2.34. The van der Waals surface area contributed by atoms with E-state index in [1.54, 1.807) is 0 Å². The molecule has 0 bridgehead atoms. The monoisotopic (exact) mass is 371 g/mol. The van der Waals surface area contributed by atoms with Gasteiger partial charge in [-0.25, -0.2) is 0 Å². The van der Waals surface area contributed by atoms with E-state index in [1.807, 2.05) is 45.0 Å². The van der Waals surface area contributed by atoms with Crippen LogP contribution in [0.2, 0.25) is 0 Å². The highest BCUT2D eigenvalue weighted by Gasteiger charge is 2.41. The molecular weight excluding hydrogens is 342 g/mol. The van der Waals surface area contributed by atoms with Crippen LogP contribution in [0.25, 0.3) is 5.57 Å². The highest BCUT2D eigenvalue weighted by Crippen LogP contribution is 2.32. The van der Waals surface area contributed by atoms with E-state index < -0.39 is 0 Å². The minimum absolute atomic E-state index is 0.0887. The average molecular weight is 371 g/mol. The first-order chi connectivity index (χ1) is 13.0. The quantitative estimate of drug-likeness (QED) is 0.718. The zero-order chi connectivity index (χ0) is 19.6. The number of amides is 2. The normalized spacial score (nSPS) is 18.9. The second-order valence-electron chi connectivity index (χ2n) is 7.19. The molecule has 1 fully saturated rings. The van der Waals surface area contributed by atoms with E-state index in [0.29, 0.717) is 17.8 Å². The third kappa shape index (κ3) is 3.86. The van der Waals surface area contributed by atoms with Gasteiger partial charge in [-0.05, 0) is 45.0 Å². The zero-order valence-electron chi connectivity index (χ0n) is 16.7. The predicted octanol–water partition coefficient (Wildman–Crippen LogP) is 2.21. The minimum Gasteiger partial charge on any atom is -0.491 e. The first-order valence-corrected chi connectivity index (χ1v) is 9.81. The summed E-state index contributed by atoms with van der Waals surface area (Å²) in [6, 6.07) is 7.47. The van der Waals surface area contributed by atoms with Crippen molar-refractivity contribution in [3.8, 4) is 5.75 Å². The van der Waals surface area contributed by atoms with Gasteiger partial charge in [-0.15, -0.1) is 0 Å². The number of hydrogen-bond donors (Lipinski definition) is 0. The number of piperazine rings is 1. The fourth-order valence-corrected chi connectivity index (χ4v) is 3.66. The van der Waals surface area contributed by atoms with E-state index in [0.717, 1.165) is 44.0 Å². The van der Waals surface area contributed by atoms with Crippen LogP contribution < -0.4 is 4.74 Å². The molecule has 1 aromatic carbocycles. The van der Waals surface area contributed by atoms with Crippen LogP contribution in [0.1, 0.15) is 33.3 Å². The molecule has 0 aromatic heterocycles. The maximum absolute atomic E-state index is 13.0. The van der Waals surface area contributed by atoms with Gasteiger partial charge >= 0.3 is 0 Å². The summed E-state index contributed by atoms with van der Waals surface area (Å²) in [5, 5.41) is 0. The molecule has 27 heavy (non-hydrogen) atoms. The number of carbonyl (C=O) groups excluding carboxylic acids is 2. The highest BCUT2D eigenvalue weighted by molar-refractivity contribution is 6.35. The molecule has 1 saturated heterocycles. The largest absolute Gasteiger partial charge is 0.491 e. The smallest absolute Gasteiger partial charge is 0.277 e. The number of hydrogen-bond acceptors (Lipinski definition) is 5. The Morgan fingerprint density at radius 3 is 2.07 bits per heavy atom. The lowest BCUT2D eigenvalue weighted by atomic mass is 10.0. The lowest BCUT2D eigenvalue weighted by Crippen LogP contribution is -2.47. The molecule has 2 aliphatic heterocycles. The molecule has 0 atom stereocenters. The van der Waals surface area contributed by atoms with Gasteiger partial charge in [0.15, 0.2) is 0 Å². The van der Waals surface area contributed by atoms with Gasteiger partial charge in [-0.2, -0.15) is 0 Å². The summed E-state index contributed by atoms with van der Waals surface area (Å²) in [5.41, 5.74) is 1.84. The van der Waals surface area contributed by atoms with Crippen molar-refractivity contribution in [1.29, 1.82) is 0 Å². The first kappa shape index (κ1) is 19.4. The van der Waals surface area contributed by atoms with Gasteiger partial charge in [0, 0.05) is 32.7 Å². The molecule has 146 valence electrons. The molecular formula is C21H29N3O3. The fraction of sp³-hybridized carbons (Fsp3) is 0.524. The minimum atomic E-state index is -0.201. The Labute approximate surface area is 161 Å². The Morgan fingerprint density at radius 1 is 0.926 bits per heavy atom. The summed E-state index contributed by atoms with van der Waals surface area (Å²) < 4.78 is 5.70. The summed E-state index contributed by atoms with van der Waals surface area (Å²) in [4.78, 5) is 31.7. The van der Waals surface area contributed by atoms with E-state index in [-0.39, 0.29) is 17.9 Å². The van der Waals surface area contributed by atoms with Crippen molar-refractivity contribution in [3.63, 3.8) is 0 Å². The van der Waals surface area contributed by atoms with Crippen LogP contribution in [0.5, 0.6) is 5.75 Å². The second kappa shape index (κ2) is 8.13. The van der Waals surface area contributed by atoms with Gasteiger partial charge < -0.3 is 14.5 Å². The molecule has 6 nitrogen and oxygen atoms in total. The van der Waals surface area contributed by atoms with Crippen LogP contribution >= 0.6 is 0 Å². The molecule has 2 amide bonds. The molecule has 0 radical (unpaired) electrons. The standard InChI is InChI=1S/C21H29N3O3/c1-5-22-11-13-23(14-12-22)19-18(20(25)24(6-2)21(19)26)16-7-9-17(10-8-16)27-15(3)4/h7-10,15H,5-6,11-14H2,1-4H3. The van der Waals surface area contributed by atoms with Crippen molar-refractivity contribution >= 4 is 17.4 Å². The molecule has 0 unspecified atom stereocenters. The van der Waals surface area contributed by atoms with Crippen LogP contribution in [0.4, 0.5) is 0 Å². The van der Waals surface area contributed by atoms with Crippen molar-refractivity contribution in [2.45, 2.75) is 33.8 Å². The van der Waals surface area contributed by atoms with Gasteiger partial charge in [0.1, 0.15) is 11.4 Å². The second-order valence-corrected chi connectivity index (χ2v) is 7.19. The van der Waals surface area contributed by atoms with E-state index in [1.165, 1.54) is 4.90 Å². The lowest BCUT2D eigenvalue weighted by molar-refractivity contribution is -0.137. The van der Waals surface area contributed by atoms with Crippen molar-refractivity contribution in [2.75, 3.05) is 39.3 Å². The fourth-order valence-electron chi connectivity index (χ4n) is 3.66. The number of likely N-dealkylation sites (N-methyl/N-ethyl adjacent to an activating group) is 2. The number of benzene rings is 1. The first-order valence-electron chi connectivity index (χ1n) is 9.81. The highest BCUT2D eigenvalue weighted by atomic mass is 16.5. The number of carbonyl (C=O) groups is 2. The Balaban J connectivity index is 1.95. The maximum atomic E-state index is 13.0. The number of rotatable bonds is 6. The van der Waals surface area contributed by atoms with Crippen LogP contribution in [0.15, 0.2) is 30.0 Å². The molecule has 0 N–H and O–H groups in total. The van der Waals surface area contributed by atoms with Crippen LogP contribution in [-0.2, 0) is 9.59 Å². The van der Waals surface area contributed by atoms with Crippen molar-refractivity contribution in [2.24, 2.45) is 0 Å². The van der Waals surface area contributed by atoms with Crippen LogP contribution in [0.3, 0.4) is 0 Å². The Morgan fingerprint density at radius 2 is 1.56 bits per heavy atom. The van der Waals surface area contributed by atoms with Gasteiger partial charge in [0.25, 0.3) is 11.8 Å². The van der Waals surface area contributed by atoms with Crippen molar-refractivity contribution < 1.29 is 14.3 Å². The molecule has 3 rings (SSSR count). The summed E-state index contributed by atoms with van der Waals surface area (Å²) in [7, 11) is 0. The predicted molar refractivity (Wildman–Crippen MR) is 105 cm³/mol. The van der Waals surface area contributed by atoms with E-state index in [9.17, 15) is 9.59 Å². The van der Waals surface area contributed by atoms with Crippen LogP contribution in [0, 0.1) is 0 Å². The lowest BCUT2D eigenvalue weighted by Gasteiger charge is -2.35. The Bertz CT molecular complexity index is 732. The topological polar surface area (TPSA) is 53.1 Å². The van der Waals surface area contributed by atoms with Crippen molar-refractivity contribution in [3.05, 3.63) is 35.5 Å². The number of imide groups is 1. The van der Waals surface area contributed by atoms with Crippen LogP contribution in [-0.4, -0.2) is 71.9 Å². The Kier molecular flexibility index (Phi) is 5.85. The summed E-state index contributed by atoms with van der Waals surface area (Å²) in [5.74, 6) is 0.384. The summed E-state index contributed by atoms with van der Waals surface area (Å²) in [6.45, 7) is 12.7. The van der Waals surface area contributed by atoms with Crippen molar-refractivity contribution in [1.82, 2.24) is 14.7 Å². The zero-order valence-corrected chi connectivity index (χ0v) is 16.7. The van der Waals surface area contributed by atoms with E-state index in [4.69, 9.17) is 4.74 Å². The summed E-state index contributed by atoms with van der Waals surface area (Å²) >= 11 is 0. The van der Waals surface area contributed by atoms with Gasteiger partial charge in [-0.3, -0.25) is 14.5 Å². The molecule has 0 spiro atoms. The van der Waals surface area contributed by atoms with E-state index >= 15 is 0 Å². The van der Waals surface area contributed by atoms with Gasteiger partial charge in [-0.1, -0.05) is 19.1 Å². The molecule has 2 aliphatic rings. The third-order valence-corrected chi connectivity index (χ3v) is 5.11. The number of nitrogens with zero attached hydrogens (tertiary/aromatic N) is 3. The maximum Gasteiger partial charge on any atom is 0.277 e. The molecule has 0 saturated carbocycles. The SMILES string of the molecule is CCN1CCN(C2=C(c3ccc(OC(C)C)cc3)C(=O)N(CC)C2=O)CC1. The number of ether oxygens (including phenoxy) is 1. The molecule has 1 aromatic rings.